The molecule has 0 bridgehead atoms. The predicted molar refractivity (Wildman–Crippen MR) is 115 cm³/mol. The Kier molecular flexibility index (Phi) is 5.98. The molecular weight excluding hydrogens is 398 g/mol. The minimum atomic E-state index is -0.674. The minimum absolute atomic E-state index is 0.00330. The van der Waals surface area contributed by atoms with Crippen LogP contribution >= 0.6 is 0 Å². The van der Waals surface area contributed by atoms with Gasteiger partial charge in [0, 0.05) is 31.0 Å². The van der Waals surface area contributed by atoms with E-state index in [1.165, 1.54) is 12.1 Å². The summed E-state index contributed by atoms with van der Waals surface area (Å²) in [6, 6.07) is 17.6. The van der Waals surface area contributed by atoms with Crippen molar-refractivity contribution in [2.45, 2.75) is 44.2 Å². The number of hydrogen-bond acceptors (Lipinski definition) is 2. The molecule has 0 aliphatic carbocycles. The first-order chi connectivity index (χ1) is 14.9. The third kappa shape index (κ3) is 5.26. The molecule has 0 spiro atoms. The standard InChI is InChI=1S/C25H24F2N2O2/c26-21-12-18(13-22(27)14-21)16-28-23(30)7-9-25(10-8-24(31)29-25)15-17-5-6-19-3-1-2-4-20(19)11-17/h1-6,11-14H,7-10,15-16H2,(H,28,30)(H,29,31). The number of hydrogen-bond donors (Lipinski definition) is 2. The Morgan fingerprint density at radius 1 is 0.968 bits per heavy atom. The number of fused-ring (bicyclic) bond motifs is 1. The van der Waals surface area contributed by atoms with Gasteiger partial charge < -0.3 is 10.6 Å². The van der Waals surface area contributed by atoms with Gasteiger partial charge in [-0.25, -0.2) is 8.78 Å². The van der Waals surface area contributed by atoms with Crippen LogP contribution in [0, 0.1) is 11.6 Å². The molecule has 1 unspecified atom stereocenters. The SMILES string of the molecule is O=C(CCC1(Cc2ccc3ccccc3c2)CCC(=O)N1)NCc1cc(F)cc(F)c1. The van der Waals surface area contributed by atoms with Crippen LogP contribution in [0.1, 0.15) is 36.8 Å². The van der Waals surface area contributed by atoms with Gasteiger partial charge in [-0.1, -0.05) is 42.5 Å². The number of halogens is 2. The minimum Gasteiger partial charge on any atom is -0.352 e. The highest BCUT2D eigenvalue weighted by atomic mass is 19.1. The van der Waals surface area contributed by atoms with Crippen molar-refractivity contribution in [3.8, 4) is 0 Å². The van der Waals surface area contributed by atoms with E-state index in [2.05, 4.69) is 41.0 Å². The van der Waals surface area contributed by atoms with Crippen LogP contribution in [-0.4, -0.2) is 17.4 Å². The monoisotopic (exact) mass is 422 g/mol. The molecule has 1 aliphatic heterocycles. The second-order valence-corrected chi connectivity index (χ2v) is 8.24. The summed E-state index contributed by atoms with van der Waals surface area (Å²) in [7, 11) is 0. The molecule has 2 N–H and O–H groups in total. The Balaban J connectivity index is 1.40. The lowest BCUT2D eigenvalue weighted by atomic mass is 9.84. The van der Waals surface area contributed by atoms with Gasteiger partial charge >= 0.3 is 0 Å². The van der Waals surface area contributed by atoms with E-state index in [1.807, 2.05) is 12.1 Å². The average Bonchev–Trinajstić information content (AvgIpc) is 3.10. The molecule has 1 saturated heterocycles. The summed E-state index contributed by atoms with van der Waals surface area (Å²) in [6.07, 6.45) is 2.46. The van der Waals surface area contributed by atoms with Crippen LogP contribution in [0.4, 0.5) is 8.78 Å². The molecule has 4 nitrogen and oxygen atoms in total. The average molecular weight is 422 g/mol. The van der Waals surface area contributed by atoms with Crippen molar-refractivity contribution in [2.24, 2.45) is 0 Å². The highest BCUT2D eigenvalue weighted by Gasteiger charge is 2.37. The zero-order valence-corrected chi connectivity index (χ0v) is 17.1. The first-order valence-corrected chi connectivity index (χ1v) is 10.4. The van der Waals surface area contributed by atoms with Crippen LogP contribution in [0.3, 0.4) is 0 Å². The number of nitrogens with one attached hydrogen (secondary N) is 2. The summed E-state index contributed by atoms with van der Waals surface area (Å²) < 4.78 is 26.6. The fourth-order valence-electron chi connectivity index (χ4n) is 4.28. The summed E-state index contributed by atoms with van der Waals surface area (Å²) >= 11 is 0. The maximum atomic E-state index is 13.3. The molecule has 160 valence electrons. The van der Waals surface area contributed by atoms with Crippen molar-refractivity contribution >= 4 is 22.6 Å². The van der Waals surface area contributed by atoms with Gasteiger partial charge in [-0.15, -0.1) is 0 Å². The largest absolute Gasteiger partial charge is 0.352 e. The number of amides is 2. The van der Waals surface area contributed by atoms with Gasteiger partial charge in [0.25, 0.3) is 0 Å². The molecule has 6 heteroatoms. The van der Waals surface area contributed by atoms with E-state index in [0.717, 1.165) is 22.4 Å². The summed E-state index contributed by atoms with van der Waals surface area (Å²) in [5, 5.41) is 8.09. The molecule has 3 aromatic rings. The topological polar surface area (TPSA) is 58.2 Å². The Labute approximate surface area is 179 Å². The van der Waals surface area contributed by atoms with E-state index in [4.69, 9.17) is 0 Å². The highest BCUT2D eigenvalue weighted by Crippen LogP contribution is 2.30. The summed E-state index contributed by atoms with van der Waals surface area (Å²) in [4.78, 5) is 24.4. The molecule has 0 saturated carbocycles. The molecule has 3 aromatic carbocycles. The number of rotatable bonds is 7. The normalized spacial score (nSPS) is 18.2. The van der Waals surface area contributed by atoms with Crippen molar-refractivity contribution in [1.82, 2.24) is 10.6 Å². The number of carbonyl (C=O) groups excluding carboxylic acids is 2. The smallest absolute Gasteiger partial charge is 0.220 e. The van der Waals surface area contributed by atoms with Crippen LogP contribution < -0.4 is 10.6 Å². The molecule has 2 amide bonds. The van der Waals surface area contributed by atoms with E-state index in [-0.39, 0.29) is 24.8 Å². The highest BCUT2D eigenvalue weighted by molar-refractivity contribution is 5.83. The van der Waals surface area contributed by atoms with E-state index >= 15 is 0 Å². The molecule has 31 heavy (non-hydrogen) atoms. The lowest BCUT2D eigenvalue weighted by Gasteiger charge is -2.29. The van der Waals surface area contributed by atoms with Crippen LogP contribution in [0.2, 0.25) is 0 Å². The van der Waals surface area contributed by atoms with Gasteiger partial charge in [0.05, 0.1) is 0 Å². The van der Waals surface area contributed by atoms with Crippen molar-refractivity contribution in [2.75, 3.05) is 0 Å². The second-order valence-electron chi connectivity index (χ2n) is 8.24. The Hall–Kier alpha value is -3.28. The van der Waals surface area contributed by atoms with Crippen LogP contribution in [-0.2, 0) is 22.6 Å². The first kappa shape index (κ1) is 21.0. The fourth-order valence-corrected chi connectivity index (χ4v) is 4.28. The fraction of sp³-hybridized carbons (Fsp3) is 0.280. The Morgan fingerprint density at radius 2 is 1.71 bits per heavy atom. The van der Waals surface area contributed by atoms with Gasteiger partial charge in [-0.2, -0.15) is 0 Å². The summed E-state index contributed by atoms with van der Waals surface area (Å²) in [5.41, 5.74) is 1.00. The second kappa shape index (κ2) is 8.84. The van der Waals surface area contributed by atoms with Crippen LogP contribution in [0.25, 0.3) is 10.8 Å². The van der Waals surface area contributed by atoms with E-state index < -0.39 is 17.2 Å². The number of carbonyl (C=O) groups is 2. The zero-order valence-electron chi connectivity index (χ0n) is 17.1. The Bertz CT molecular complexity index is 1110. The van der Waals surface area contributed by atoms with Crippen molar-refractivity contribution in [1.29, 1.82) is 0 Å². The van der Waals surface area contributed by atoms with Gasteiger partial charge in [0.2, 0.25) is 11.8 Å². The predicted octanol–water partition coefficient (Wildman–Crippen LogP) is 4.41. The summed E-state index contributed by atoms with van der Waals surface area (Å²) in [5.74, 6) is -1.57. The van der Waals surface area contributed by atoms with Gasteiger partial charge in [0.1, 0.15) is 11.6 Å². The third-order valence-electron chi connectivity index (χ3n) is 5.83. The quantitative estimate of drug-likeness (QED) is 0.593. The molecule has 0 radical (unpaired) electrons. The van der Waals surface area contributed by atoms with Crippen LogP contribution in [0.5, 0.6) is 0 Å². The lowest BCUT2D eigenvalue weighted by Crippen LogP contribution is -2.44. The molecule has 1 aliphatic rings. The molecule has 1 fully saturated rings. The van der Waals surface area contributed by atoms with Crippen molar-refractivity contribution in [3.05, 3.63) is 83.4 Å². The maximum Gasteiger partial charge on any atom is 0.220 e. The molecule has 1 atom stereocenters. The van der Waals surface area contributed by atoms with Crippen molar-refractivity contribution in [3.63, 3.8) is 0 Å². The molecule has 0 aromatic heterocycles. The third-order valence-corrected chi connectivity index (χ3v) is 5.83. The van der Waals surface area contributed by atoms with Gasteiger partial charge in [0.15, 0.2) is 0 Å². The van der Waals surface area contributed by atoms with Crippen LogP contribution in [0.15, 0.2) is 60.7 Å². The summed E-state index contributed by atoms with van der Waals surface area (Å²) in [6.45, 7) is 0.0531. The van der Waals surface area contributed by atoms with E-state index in [9.17, 15) is 18.4 Å². The molecular formula is C25H24F2N2O2. The van der Waals surface area contributed by atoms with Gasteiger partial charge in [-0.05, 0) is 53.3 Å². The zero-order chi connectivity index (χ0) is 21.8. The Morgan fingerprint density at radius 3 is 2.42 bits per heavy atom. The molecule has 1 heterocycles. The van der Waals surface area contributed by atoms with E-state index in [0.29, 0.717) is 31.2 Å². The first-order valence-electron chi connectivity index (χ1n) is 10.4. The van der Waals surface area contributed by atoms with Crippen molar-refractivity contribution < 1.29 is 18.4 Å². The number of benzene rings is 3. The molecule has 4 rings (SSSR count). The maximum absolute atomic E-state index is 13.3. The lowest BCUT2D eigenvalue weighted by molar-refractivity contribution is -0.122. The van der Waals surface area contributed by atoms with Gasteiger partial charge in [-0.3, -0.25) is 9.59 Å². The van der Waals surface area contributed by atoms with E-state index in [1.54, 1.807) is 0 Å².